The van der Waals surface area contributed by atoms with Crippen LogP contribution in [0.4, 0.5) is 56.6 Å². The van der Waals surface area contributed by atoms with Gasteiger partial charge in [-0.3, -0.25) is 4.90 Å². The van der Waals surface area contributed by atoms with E-state index in [1.165, 1.54) is 12.8 Å². The minimum atomic E-state index is -6.00. The molecule has 2 fully saturated rings. The van der Waals surface area contributed by atoms with Crippen molar-refractivity contribution in [1.82, 2.24) is 9.80 Å². The lowest BCUT2D eigenvalue weighted by Gasteiger charge is -2.39. The molecule has 2 atom stereocenters. The molecular formula is C12H22B3F12N2O2-3. The third-order valence-electron chi connectivity index (χ3n) is 3.50. The molecule has 0 radical (unpaired) electrons. The van der Waals surface area contributed by atoms with Crippen molar-refractivity contribution in [1.29, 1.82) is 0 Å². The standard InChI is InChI=1S/C12H22N2O2.3BF4/c1-12(2,3)16-11(15)14-7-9-5-6-10(8-14)13(9)4;3*2-1(3,4)5/h9-10H,5-8H2,1-4H3;;;/q;3*-1/t9-,10+;;;. The largest absolute Gasteiger partial charge is 0.673 e. The topological polar surface area (TPSA) is 32.8 Å². The zero-order valence-electron chi connectivity index (χ0n) is 17.0. The first kappa shape index (κ1) is 31.8. The molecule has 2 bridgehead atoms. The lowest BCUT2D eigenvalue weighted by Crippen LogP contribution is -2.54. The van der Waals surface area contributed by atoms with Crippen molar-refractivity contribution < 1.29 is 61.3 Å². The van der Waals surface area contributed by atoms with Crippen molar-refractivity contribution in [2.75, 3.05) is 20.1 Å². The molecule has 2 aliphatic rings. The average molecular weight is 487 g/mol. The third kappa shape index (κ3) is 24.7. The van der Waals surface area contributed by atoms with Gasteiger partial charge in [0.25, 0.3) is 0 Å². The molecule has 4 nitrogen and oxygen atoms in total. The Labute approximate surface area is 171 Å². The summed E-state index contributed by atoms with van der Waals surface area (Å²) < 4.78 is 122. The maximum Gasteiger partial charge on any atom is 0.673 e. The van der Waals surface area contributed by atoms with Crippen LogP contribution >= 0.6 is 0 Å². The highest BCUT2D eigenvalue weighted by atomic mass is 19.5. The smallest absolute Gasteiger partial charge is 0.444 e. The summed E-state index contributed by atoms with van der Waals surface area (Å²) >= 11 is 0. The average Bonchev–Trinajstić information content (AvgIpc) is 2.63. The van der Waals surface area contributed by atoms with Crippen molar-refractivity contribution in [3.8, 4) is 0 Å². The molecule has 2 saturated heterocycles. The number of carbonyl (C=O) groups excluding carboxylic acids is 1. The van der Waals surface area contributed by atoms with E-state index < -0.39 is 21.8 Å². The zero-order valence-corrected chi connectivity index (χ0v) is 17.0. The van der Waals surface area contributed by atoms with E-state index in [1.807, 2.05) is 25.7 Å². The second-order valence-corrected chi connectivity index (χ2v) is 7.42. The summed E-state index contributed by atoms with van der Waals surface area (Å²) in [6, 6.07) is 1.07. The van der Waals surface area contributed by atoms with E-state index >= 15 is 0 Å². The van der Waals surface area contributed by atoms with Gasteiger partial charge in [-0.15, -0.1) is 0 Å². The van der Waals surface area contributed by atoms with E-state index in [-0.39, 0.29) is 11.7 Å². The highest BCUT2D eigenvalue weighted by molar-refractivity contribution is 6.50. The van der Waals surface area contributed by atoms with E-state index in [4.69, 9.17) is 4.74 Å². The Balaban J connectivity index is 0. The number of likely N-dealkylation sites (N-methyl/N-ethyl adjacent to an activating group) is 1. The second kappa shape index (κ2) is 12.0. The SMILES string of the molecule is CN1[C@@H]2CC[C@H]1CN(C(=O)OC(C)(C)C)C2.F[B-](F)(F)F.F[B-](F)(F)F.F[B-](F)(F)F. The Bertz CT molecular complexity index is 478. The monoisotopic (exact) mass is 487 g/mol. The fourth-order valence-electron chi connectivity index (χ4n) is 2.59. The van der Waals surface area contributed by atoms with Crippen LogP contribution in [0.5, 0.6) is 0 Å². The van der Waals surface area contributed by atoms with Gasteiger partial charge in [0.05, 0.1) is 0 Å². The van der Waals surface area contributed by atoms with Gasteiger partial charge < -0.3 is 61.4 Å². The second-order valence-electron chi connectivity index (χ2n) is 7.42. The number of fused-ring (bicyclic) bond motifs is 2. The predicted molar refractivity (Wildman–Crippen MR) is 92.9 cm³/mol. The van der Waals surface area contributed by atoms with E-state index in [9.17, 15) is 56.6 Å². The molecule has 0 aromatic carbocycles. The minimum absolute atomic E-state index is 0.155. The number of nitrogens with zero attached hydrogens (tertiary/aromatic N) is 2. The highest BCUT2D eigenvalue weighted by Gasteiger charge is 2.40. The van der Waals surface area contributed by atoms with Gasteiger partial charge in [0, 0.05) is 25.2 Å². The number of likely N-dealkylation sites (tertiary alicyclic amines) is 1. The van der Waals surface area contributed by atoms with E-state index in [0.29, 0.717) is 12.1 Å². The first-order valence-corrected chi connectivity index (χ1v) is 8.68. The van der Waals surface area contributed by atoms with Gasteiger partial charge >= 0.3 is 27.9 Å². The fraction of sp³-hybridized carbons (Fsp3) is 0.917. The summed E-state index contributed by atoms with van der Waals surface area (Å²) in [7, 11) is -15.8. The van der Waals surface area contributed by atoms with Gasteiger partial charge in [0.1, 0.15) is 5.60 Å². The van der Waals surface area contributed by atoms with Crippen molar-refractivity contribution in [2.24, 2.45) is 0 Å². The molecule has 0 aromatic heterocycles. The Hall–Kier alpha value is -1.42. The molecule has 188 valence electrons. The molecule has 0 saturated carbocycles. The summed E-state index contributed by atoms with van der Waals surface area (Å²) in [6.45, 7) is 7.38. The van der Waals surface area contributed by atoms with E-state index in [0.717, 1.165) is 13.1 Å². The van der Waals surface area contributed by atoms with Gasteiger partial charge in [0.15, 0.2) is 0 Å². The van der Waals surface area contributed by atoms with Crippen LogP contribution in [-0.2, 0) is 4.74 Å². The molecule has 1 amide bonds. The molecule has 2 aliphatic heterocycles. The van der Waals surface area contributed by atoms with E-state index in [1.54, 1.807) is 0 Å². The van der Waals surface area contributed by atoms with Crippen LogP contribution in [0, 0.1) is 0 Å². The molecular weight excluding hydrogens is 465 g/mol. The molecule has 2 rings (SSSR count). The minimum Gasteiger partial charge on any atom is -0.444 e. The normalized spacial score (nSPS) is 21.6. The molecule has 0 spiro atoms. The van der Waals surface area contributed by atoms with Crippen molar-refractivity contribution in [2.45, 2.75) is 51.3 Å². The maximum atomic E-state index is 11.9. The van der Waals surface area contributed by atoms with Crippen molar-refractivity contribution >= 4 is 27.9 Å². The van der Waals surface area contributed by atoms with Crippen molar-refractivity contribution in [3.05, 3.63) is 0 Å². The summed E-state index contributed by atoms with van der Waals surface area (Å²) in [5.41, 5.74) is -0.389. The molecule has 0 aliphatic carbocycles. The Kier molecular flexibility index (Phi) is 12.3. The number of carbonyl (C=O) groups is 1. The third-order valence-corrected chi connectivity index (χ3v) is 3.50. The number of piperazine rings is 1. The molecule has 0 unspecified atom stereocenters. The summed E-state index contributed by atoms with van der Waals surface area (Å²) in [5.74, 6) is 0. The van der Waals surface area contributed by atoms with Crippen LogP contribution in [0.15, 0.2) is 0 Å². The predicted octanol–water partition coefficient (Wildman–Crippen LogP) is 5.60. The van der Waals surface area contributed by atoms with Crippen LogP contribution in [0.25, 0.3) is 0 Å². The van der Waals surface area contributed by atoms with Gasteiger partial charge in [-0.1, -0.05) is 0 Å². The Morgan fingerprint density at radius 3 is 1.23 bits per heavy atom. The number of hydrogen-bond acceptors (Lipinski definition) is 3. The van der Waals surface area contributed by atoms with Crippen molar-refractivity contribution in [3.63, 3.8) is 0 Å². The Morgan fingerprint density at radius 2 is 1.00 bits per heavy atom. The highest BCUT2D eigenvalue weighted by Crippen LogP contribution is 2.29. The van der Waals surface area contributed by atoms with Gasteiger partial charge in [-0.25, -0.2) is 4.79 Å². The Morgan fingerprint density at radius 1 is 0.742 bits per heavy atom. The van der Waals surface area contributed by atoms with E-state index in [2.05, 4.69) is 11.9 Å². The summed E-state index contributed by atoms with van der Waals surface area (Å²) in [5, 5.41) is 0. The molecule has 19 heteroatoms. The molecule has 2 heterocycles. The first-order valence-electron chi connectivity index (χ1n) is 8.68. The van der Waals surface area contributed by atoms with Crippen LogP contribution in [-0.4, -0.2) is 75.5 Å². The van der Waals surface area contributed by atoms with Gasteiger partial charge in [-0.05, 0) is 40.7 Å². The lowest BCUT2D eigenvalue weighted by molar-refractivity contribution is 0.00575. The lowest BCUT2D eigenvalue weighted by atomic mass is 10.2. The summed E-state index contributed by atoms with van der Waals surface area (Å²) in [4.78, 5) is 16.2. The first-order chi connectivity index (χ1) is 13.4. The molecule has 0 aromatic rings. The van der Waals surface area contributed by atoms with Crippen LogP contribution < -0.4 is 0 Å². The number of rotatable bonds is 0. The fourth-order valence-corrected chi connectivity index (χ4v) is 2.59. The van der Waals surface area contributed by atoms with Crippen LogP contribution in [0.3, 0.4) is 0 Å². The number of ether oxygens (including phenoxy) is 1. The summed E-state index contributed by atoms with van der Waals surface area (Å²) in [6.07, 6.45) is 2.26. The number of hydrogen-bond donors (Lipinski definition) is 0. The van der Waals surface area contributed by atoms with Crippen LogP contribution in [0.2, 0.25) is 0 Å². The van der Waals surface area contributed by atoms with Gasteiger partial charge in [-0.2, -0.15) is 0 Å². The molecule has 31 heavy (non-hydrogen) atoms. The quantitative estimate of drug-likeness (QED) is 0.330. The number of halogens is 12. The number of amides is 1. The van der Waals surface area contributed by atoms with Crippen LogP contribution in [0.1, 0.15) is 33.6 Å². The zero-order chi connectivity index (χ0) is 25.4. The van der Waals surface area contributed by atoms with Gasteiger partial charge in [0.2, 0.25) is 0 Å². The maximum absolute atomic E-state index is 11.9. The molecule has 0 N–H and O–H groups in total.